The van der Waals surface area contributed by atoms with Crippen molar-refractivity contribution in [1.29, 1.82) is 0 Å². The minimum absolute atomic E-state index is 0.729. The van der Waals surface area contributed by atoms with E-state index in [2.05, 4.69) is 35.9 Å². The molecule has 0 aromatic carbocycles. The molecule has 19 heavy (non-hydrogen) atoms. The Hall–Kier alpha value is -0.120. The van der Waals surface area contributed by atoms with Crippen molar-refractivity contribution >= 4 is 0 Å². The highest BCUT2D eigenvalue weighted by Crippen LogP contribution is 2.23. The quantitative estimate of drug-likeness (QED) is 0.824. The highest BCUT2D eigenvalue weighted by molar-refractivity contribution is 4.81. The molecule has 1 saturated heterocycles. The van der Waals surface area contributed by atoms with E-state index in [-0.39, 0.29) is 0 Å². The van der Waals surface area contributed by atoms with Gasteiger partial charge in [0, 0.05) is 44.8 Å². The highest BCUT2D eigenvalue weighted by atomic mass is 15.3. The molecule has 1 heterocycles. The van der Waals surface area contributed by atoms with Gasteiger partial charge in [-0.15, -0.1) is 0 Å². The van der Waals surface area contributed by atoms with Crippen molar-refractivity contribution in [2.24, 2.45) is 5.92 Å². The van der Waals surface area contributed by atoms with Gasteiger partial charge in [-0.2, -0.15) is 0 Å². The van der Waals surface area contributed by atoms with E-state index in [1.54, 1.807) is 0 Å². The van der Waals surface area contributed by atoms with Crippen molar-refractivity contribution in [3.63, 3.8) is 0 Å². The first-order valence-corrected chi connectivity index (χ1v) is 8.40. The smallest absolute Gasteiger partial charge is 0.0195 e. The molecule has 112 valence electrons. The minimum Gasteiger partial charge on any atom is -0.312 e. The van der Waals surface area contributed by atoms with Crippen molar-refractivity contribution in [2.75, 3.05) is 39.3 Å². The van der Waals surface area contributed by atoms with Gasteiger partial charge in [-0.3, -0.25) is 9.80 Å². The third kappa shape index (κ3) is 4.44. The first-order chi connectivity index (χ1) is 9.20. The van der Waals surface area contributed by atoms with Crippen LogP contribution in [0.1, 0.15) is 46.5 Å². The van der Waals surface area contributed by atoms with Gasteiger partial charge in [0.05, 0.1) is 0 Å². The lowest BCUT2D eigenvalue weighted by Crippen LogP contribution is -2.53. The number of hydrogen-bond donors (Lipinski definition) is 1. The maximum absolute atomic E-state index is 3.80. The fourth-order valence-corrected chi connectivity index (χ4v) is 3.77. The zero-order chi connectivity index (χ0) is 13.7. The van der Waals surface area contributed by atoms with Crippen LogP contribution in [-0.4, -0.2) is 61.2 Å². The second kappa shape index (κ2) is 7.61. The van der Waals surface area contributed by atoms with Crippen LogP contribution in [0.3, 0.4) is 0 Å². The Kier molecular flexibility index (Phi) is 6.11. The van der Waals surface area contributed by atoms with Crippen molar-refractivity contribution < 1.29 is 0 Å². The van der Waals surface area contributed by atoms with E-state index in [4.69, 9.17) is 0 Å². The maximum atomic E-state index is 3.80. The van der Waals surface area contributed by atoms with Crippen LogP contribution in [0.5, 0.6) is 0 Å². The van der Waals surface area contributed by atoms with E-state index < -0.39 is 0 Å². The fraction of sp³-hybridized carbons (Fsp3) is 1.00. The number of hydrogen-bond acceptors (Lipinski definition) is 3. The molecular weight excluding hydrogens is 234 g/mol. The number of rotatable bonds is 5. The van der Waals surface area contributed by atoms with E-state index >= 15 is 0 Å². The second-order valence-electron chi connectivity index (χ2n) is 6.60. The molecule has 0 spiro atoms. The van der Waals surface area contributed by atoms with E-state index in [1.165, 1.54) is 65.0 Å². The number of piperazine rings is 1. The zero-order valence-electron chi connectivity index (χ0n) is 13.2. The van der Waals surface area contributed by atoms with E-state index in [0.29, 0.717) is 0 Å². The van der Waals surface area contributed by atoms with Crippen molar-refractivity contribution in [3.05, 3.63) is 0 Å². The number of nitrogens with zero attached hydrogens (tertiary/aromatic N) is 2. The van der Waals surface area contributed by atoms with Gasteiger partial charge in [0.25, 0.3) is 0 Å². The van der Waals surface area contributed by atoms with E-state index in [0.717, 1.165) is 18.0 Å². The standard InChI is InChI=1S/C16H33N3/c1-4-19-12-11-18(13-15(19)3)10-9-17-16-8-6-5-7-14(16)2/h14-17H,4-13H2,1-3H3. The van der Waals surface area contributed by atoms with Gasteiger partial charge < -0.3 is 5.32 Å². The monoisotopic (exact) mass is 267 g/mol. The lowest BCUT2D eigenvalue weighted by molar-refractivity contribution is 0.0872. The Labute approximate surface area is 119 Å². The van der Waals surface area contributed by atoms with Gasteiger partial charge >= 0.3 is 0 Å². The average molecular weight is 267 g/mol. The van der Waals surface area contributed by atoms with Crippen LogP contribution >= 0.6 is 0 Å². The molecule has 2 aliphatic rings. The molecule has 2 rings (SSSR count). The molecule has 0 aromatic heterocycles. The molecule has 0 aromatic rings. The summed E-state index contributed by atoms with van der Waals surface area (Å²) in [7, 11) is 0. The summed E-state index contributed by atoms with van der Waals surface area (Å²) in [5.41, 5.74) is 0. The molecule has 3 unspecified atom stereocenters. The number of nitrogens with one attached hydrogen (secondary N) is 1. The van der Waals surface area contributed by atoms with Crippen LogP contribution in [0, 0.1) is 5.92 Å². The first-order valence-electron chi connectivity index (χ1n) is 8.40. The zero-order valence-corrected chi connectivity index (χ0v) is 13.2. The third-order valence-electron chi connectivity index (χ3n) is 5.20. The van der Waals surface area contributed by atoms with Crippen LogP contribution < -0.4 is 5.32 Å². The lowest BCUT2D eigenvalue weighted by atomic mass is 9.86. The second-order valence-corrected chi connectivity index (χ2v) is 6.60. The normalized spacial score (nSPS) is 34.6. The third-order valence-corrected chi connectivity index (χ3v) is 5.20. The number of likely N-dealkylation sites (N-methyl/N-ethyl adjacent to an activating group) is 1. The van der Waals surface area contributed by atoms with Crippen LogP contribution in [0.25, 0.3) is 0 Å². The molecule has 0 radical (unpaired) electrons. The van der Waals surface area contributed by atoms with Crippen molar-refractivity contribution in [2.45, 2.75) is 58.5 Å². The molecule has 3 nitrogen and oxygen atoms in total. The van der Waals surface area contributed by atoms with Gasteiger partial charge in [-0.05, 0) is 32.2 Å². The molecule has 1 aliphatic carbocycles. The summed E-state index contributed by atoms with van der Waals surface area (Å²) < 4.78 is 0. The summed E-state index contributed by atoms with van der Waals surface area (Å²) in [6.45, 7) is 14.4. The fourth-order valence-electron chi connectivity index (χ4n) is 3.77. The molecule has 2 fully saturated rings. The molecule has 0 amide bonds. The maximum Gasteiger partial charge on any atom is 0.0195 e. The topological polar surface area (TPSA) is 18.5 Å². The SMILES string of the molecule is CCN1CCN(CCNC2CCCCC2C)CC1C. The van der Waals surface area contributed by atoms with Crippen LogP contribution in [0.2, 0.25) is 0 Å². The largest absolute Gasteiger partial charge is 0.312 e. The van der Waals surface area contributed by atoms with Gasteiger partial charge in [-0.1, -0.05) is 26.7 Å². The summed E-state index contributed by atoms with van der Waals surface area (Å²) in [5, 5.41) is 3.80. The van der Waals surface area contributed by atoms with E-state index in [9.17, 15) is 0 Å². The van der Waals surface area contributed by atoms with Crippen molar-refractivity contribution in [1.82, 2.24) is 15.1 Å². The molecule has 1 aliphatic heterocycles. The summed E-state index contributed by atoms with van der Waals surface area (Å²) in [5.74, 6) is 0.879. The molecule has 3 heteroatoms. The molecule has 3 atom stereocenters. The Bertz CT molecular complexity index is 256. The van der Waals surface area contributed by atoms with Gasteiger partial charge in [0.2, 0.25) is 0 Å². The molecule has 1 saturated carbocycles. The Morgan fingerprint density at radius 1 is 1.11 bits per heavy atom. The first kappa shape index (κ1) is 15.3. The Morgan fingerprint density at radius 2 is 1.89 bits per heavy atom. The molecular formula is C16H33N3. The van der Waals surface area contributed by atoms with Crippen molar-refractivity contribution in [3.8, 4) is 0 Å². The predicted molar refractivity (Wildman–Crippen MR) is 82.6 cm³/mol. The average Bonchev–Trinajstić information content (AvgIpc) is 2.41. The Morgan fingerprint density at radius 3 is 2.58 bits per heavy atom. The predicted octanol–water partition coefficient (Wildman–Crippen LogP) is 2.18. The van der Waals surface area contributed by atoms with Gasteiger partial charge in [0.1, 0.15) is 0 Å². The molecule has 0 bridgehead atoms. The van der Waals surface area contributed by atoms with Crippen LogP contribution in [0.4, 0.5) is 0 Å². The highest BCUT2D eigenvalue weighted by Gasteiger charge is 2.23. The molecule has 1 N–H and O–H groups in total. The summed E-state index contributed by atoms with van der Waals surface area (Å²) in [6.07, 6.45) is 5.68. The summed E-state index contributed by atoms with van der Waals surface area (Å²) >= 11 is 0. The van der Waals surface area contributed by atoms with Crippen LogP contribution in [-0.2, 0) is 0 Å². The summed E-state index contributed by atoms with van der Waals surface area (Å²) in [6, 6.07) is 1.51. The van der Waals surface area contributed by atoms with Gasteiger partial charge in [0.15, 0.2) is 0 Å². The van der Waals surface area contributed by atoms with Gasteiger partial charge in [-0.25, -0.2) is 0 Å². The van der Waals surface area contributed by atoms with E-state index in [1.807, 2.05) is 0 Å². The Balaban J connectivity index is 1.63. The summed E-state index contributed by atoms with van der Waals surface area (Å²) in [4.78, 5) is 5.23. The van der Waals surface area contributed by atoms with Crippen LogP contribution in [0.15, 0.2) is 0 Å². The lowest BCUT2D eigenvalue weighted by Gasteiger charge is -2.39. The minimum atomic E-state index is 0.729.